The van der Waals surface area contributed by atoms with Gasteiger partial charge in [0.15, 0.2) is 0 Å². The molecule has 0 bridgehead atoms. The van der Waals surface area contributed by atoms with Crippen molar-refractivity contribution in [3.05, 3.63) is 6.92 Å². The molecule has 1 unspecified atom stereocenters. The van der Waals surface area contributed by atoms with Gasteiger partial charge in [0, 0.05) is 0 Å². The number of rotatable bonds is 14. The smallest absolute Gasteiger partial charge is 0.0443 e. The molecule has 18 heavy (non-hydrogen) atoms. The van der Waals surface area contributed by atoms with Crippen LogP contribution in [0.2, 0.25) is 0 Å². The van der Waals surface area contributed by atoms with E-state index in [0.717, 1.165) is 0 Å². The Morgan fingerprint density at radius 1 is 0.611 bits per heavy atom. The summed E-state index contributed by atoms with van der Waals surface area (Å²) in [4.78, 5) is 0. The highest BCUT2D eigenvalue weighted by atomic mass is 14.0. The molecule has 0 aliphatic rings. The number of hydrogen-bond acceptors (Lipinski definition) is 0. The van der Waals surface area contributed by atoms with E-state index in [4.69, 9.17) is 0 Å². The minimum Gasteiger partial charge on any atom is -0.0654 e. The molecule has 0 aliphatic heterocycles. The molecule has 0 aromatic rings. The van der Waals surface area contributed by atoms with Crippen molar-refractivity contribution < 1.29 is 0 Å². The van der Waals surface area contributed by atoms with E-state index in [2.05, 4.69) is 20.8 Å². The van der Waals surface area contributed by atoms with Gasteiger partial charge in [0.25, 0.3) is 0 Å². The SMILES string of the molecule is [CH2]C(C)CCCCCCCCCCCCCCC. The molecule has 1 radical (unpaired) electrons. The summed E-state index contributed by atoms with van der Waals surface area (Å²) in [6, 6.07) is 0. The fourth-order valence-electron chi connectivity index (χ4n) is 2.51. The Morgan fingerprint density at radius 3 is 1.28 bits per heavy atom. The van der Waals surface area contributed by atoms with E-state index in [0.29, 0.717) is 5.92 Å². The summed E-state index contributed by atoms with van der Waals surface area (Å²) >= 11 is 0. The zero-order valence-electron chi connectivity index (χ0n) is 13.2. The summed E-state index contributed by atoms with van der Waals surface area (Å²) in [5, 5.41) is 0. The molecule has 0 rings (SSSR count). The first-order chi connectivity index (χ1) is 8.77. The second kappa shape index (κ2) is 15.1. The largest absolute Gasteiger partial charge is 0.0654 e. The molecule has 1 atom stereocenters. The van der Waals surface area contributed by atoms with Gasteiger partial charge in [-0.1, -0.05) is 111 Å². The Kier molecular flexibility index (Phi) is 15.1. The van der Waals surface area contributed by atoms with Crippen LogP contribution in [0.25, 0.3) is 0 Å². The fraction of sp³-hybridized carbons (Fsp3) is 0.944. The van der Waals surface area contributed by atoms with Crippen LogP contribution in [0.15, 0.2) is 0 Å². The van der Waals surface area contributed by atoms with Gasteiger partial charge in [-0.15, -0.1) is 0 Å². The highest BCUT2D eigenvalue weighted by Crippen LogP contribution is 2.14. The lowest BCUT2D eigenvalue weighted by Gasteiger charge is -2.04. The number of hydrogen-bond donors (Lipinski definition) is 0. The molecule has 0 saturated heterocycles. The lowest BCUT2D eigenvalue weighted by atomic mass is 10.0. The van der Waals surface area contributed by atoms with Gasteiger partial charge in [-0.3, -0.25) is 0 Å². The van der Waals surface area contributed by atoms with Crippen LogP contribution < -0.4 is 0 Å². The van der Waals surface area contributed by atoms with Crippen molar-refractivity contribution >= 4 is 0 Å². The molecule has 109 valence electrons. The van der Waals surface area contributed by atoms with Gasteiger partial charge >= 0.3 is 0 Å². The molecular weight excluding hydrogens is 216 g/mol. The van der Waals surface area contributed by atoms with Crippen molar-refractivity contribution in [2.75, 3.05) is 0 Å². The molecule has 0 aromatic carbocycles. The van der Waals surface area contributed by atoms with E-state index in [-0.39, 0.29) is 0 Å². The molecule has 0 aromatic heterocycles. The molecule has 0 saturated carbocycles. The molecule has 0 heteroatoms. The van der Waals surface area contributed by atoms with Gasteiger partial charge in [0.05, 0.1) is 0 Å². The van der Waals surface area contributed by atoms with Crippen LogP contribution in [0.1, 0.15) is 104 Å². The Hall–Kier alpha value is 0. The van der Waals surface area contributed by atoms with E-state index >= 15 is 0 Å². The van der Waals surface area contributed by atoms with Crippen LogP contribution in [-0.2, 0) is 0 Å². The lowest BCUT2D eigenvalue weighted by Crippen LogP contribution is -1.87. The third-order valence-corrected chi connectivity index (χ3v) is 3.80. The maximum Gasteiger partial charge on any atom is -0.0443 e. The maximum atomic E-state index is 4.03. The normalized spacial score (nSPS) is 11.3. The zero-order chi connectivity index (χ0) is 13.5. The van der Waals surface area contributed by atoms with Gasteiger partial charge in [-0.05, 0) is 5.92 Å². The molecule has 0 spiro atoms. The van der Waals surface area contributed by atoms with Crippen molar-refractivity contribution in [3.8, 4) is 0 Å². The summed E-state index contributed by atoms with van der Waals surface area (Å²) in [6.07, 6.45) is 20.1. The van der Waals surface area contributed by atoms with E-state index in [9.17, 15) is 0 Å². The van der Waals surface area contributed by atoms with E-state index in [1.165, 1.54) is 89.9 Å². The minimum atomic E-state index is 0.651. The third-order valence-electron chi connectivity index (χ3n) is 3.80. The summed E-state index contributed by atoms with van der Waals surface area (Å²) in [7, 11) is 0. The van der Waals surface area contributed by atoms with Gasteiger partial charge in [-0.25, -0.2) is 0 Å². The molecule has 0 fully saturated rings. The zero-order valence-corrected chi connectivity index (χ0v) is 13.2. The van der Waals surface area contributed by atoms with Crippen molar-refractivity contribution in [3.63, 3.8) is 0 Å². The highest BCUT2D eigenvalue weighted by Gasteiger charge is 1.95. The molecular formula is C18H37. The predicted molar refractivity (Wildman–Crippen MR) is 84.8 cm³/mol. The van der Waals surface area contributed by atoms with Crippen LogP contribution >= 0.6 is 0 Å². The number of unbranched alkanes of at least 4 members (excludes halogenated alkanes) is 12. The van der Waals surface area contributed by atoms with Crippen LogP contribution in [-0.4, -0.2) is 0 Å². The lowest BCUT2D eigenvalue weighted by molar-refractivity contribution is 0.519. The van der Waals surface area contributed by atoms with E-state index in [1.54, 1.807) is 0 Å². The van der Waals surface area contributed by atoms with E-state index < -0.39 is 0 Å². The fourth-order valence-corrected chi connectivity index (χ4v) is 2.51. The van der Waals surface area contributed by atoms with Crippen molar-refractivity contribution in [2.45, 2.75) is 104 Å². The Bertz CT molecular complexity index is 137. The summed E-state index contributed by atoms with van der Waals surface area (Å²) in [5.74, 6) is 0.651. The highest BCUT2D eigenvalue weighted by molar-refractivity contribution is 4.54. The average Bonchev–Trinajstić information content (AvgIpc) is 2.34. The topological polar surface area (TPSA) is 0 Å². The average molecular weight is 253 g/mol. The molecule has 0 heterocycles. The first-order valence-electron chi connectivity index (χ1n) is 8.60. The van der Waals surface area contributed by atoms with Crippen LogP contribution in [0.5, 0.6) is 0 Å². The second-order valence-corrected chi connectivity index (χ2v) is 6.14. The maximum absolute atomic E-state index is 4.03. The molecule has 0 nitrogen and oxygen atoms in total. The first kappa shape index (κ1) is 18.0. The standard InChI is InChI=1S/C18H37/c1-4-5-6-7-8-9-10-11-12-13-14-15-16-17-18(2)3/h18H,2,4-17H2,1,3H3. The Morgan fingerprint density at radius 2 is 0.944 bits per heavy atom. The van der Waals surface area contributed by atoms with Gasteiger partial charge in [0.1, 0.15) is 0 Å². The molecule has 0 aliphatic carbocycles. The van der Waals surface area contributed by atoms with Gasteiger partial charge < -0.3 is 0 Å². The van der Waals surface area contributed by atoms with Crippen molar-refractivity contribution in [1.29, 1.82) is 0 Å². The van der Waals surface area contributed by atoms with E-state index in [1.807, 2.05) is 0 Å². The van der Waals surface area contributed by atoms with Crippen LogP contribution in [0, 0.1) is 12.8 Å². The molecule has 0 amide bonds. The third kappa shape index (κ3) is 16.0. The summed E-state index contributed by atoms with van der Waals surface area (Å²) in [5.41, 5.74) is 0. The summed E-state index contributed by atoms with van der Waals surface area (Å²) in [6.45, 7) is 8.54. The molecule has 0 N–H and O–H groups in total. The second-order valence-electron chi connectivity index (χ2n) is 6.14. The Balaban J connectivity index is 2.90. The first-order valence-corrected chi connectivity index (χ1v) is 8.60. The van der Waals surface area contributed by atoms with Gasteiger partial charge in [-0.2, -0.15) is 0 Å². The minimum absolute atomic E-state index is 0.651. The van der Waals surface area contributed by atoms with Crippen LogP contribution in [0.3, 0.4) is 0 Å². The monoisotopic (exact) mass is 253 g/mol. The Labute approximate surface area is 117 Å². The van der Waals surface area contributed by atoms with Gasteiger partial charge in [0.2, 0.25) is 0 Å². The predicted octanol–water partition coefficient (Wildman–Crippen LogP) is 6.94. The summed E-state index contributed by atoms with van der Waals surface area (Å²) < 4.78 is 0. The quantitative estimate of drug-likeness (QED) is 0.294. The van der Waals surface area contributed by atoms with Crippen molar-refractivity contribution in [1.82, 2.24) is 0 Å². The van der Waals surface area contributed by atoms with Crippen molar-refractivity contribution in [2.24, 2.45) is 5.92 Å². The van der Waals surface area contributed by atoms with Crippen LogP contribution in [0.4, 0.5) is 0 Å².